The molecule has 0 atom stereocenters. The Balaban J connectivity index is 2.29. The molecule has 0 aliphatic heterocycles. The Hall–Kier alpha value is -1.23. The molecule has 1 aromatic rings. The molecule has 0 radical (unpaired) electrons. The highest BCUT2D eigenvalue weighted by Gasteiger charge is 2.35. The van der Waals surface area contributed by atoms with Gasteiger partial charge in [0.1, 0.15) is 0 Å². The van der Waals surface area contributed by atoms with Gasteiger partial charge >= 0.3 is 6.18 Å². The number of halogens is 3. The SMILES string of the molecule is CNCc1ccc(N(C)CC2CC2)c(C(F)(F)F)c1. The van der Waals surface area contributed by atoms with Crippen molar-refractivity contribution in [3.8, 4) is 0 Å². The molecule has 1 aromatic carbocycles. The average molecular weight is 272 g/mol. The summed E-state index contributed by atoms with van der Waals surface area (Å²) >= 11 is 0. The molecule has 0 heterocycles. The Morgan fingerprint density at radius 1 is 1.32 bits per heavy atom. The van der Waals surface area contributed by atoms with Gasteiger partial charge in [-0.3, -0.25) is 0 Å². The number of rotatable bonds is 5. The van der Waals surface area contributed by atoms with E-state index >= 15 is 0 Å². The van der Waals surface area contributed by atoms with E-state index in [-0.39, 0.29) is 5.69 Å². The maximum atomic E-state index is 13.1. The third-order valence-electron chi connectivity index (χ3n) is 3.39. The zero-order chi connectivity index (χ0) is 14.0. The number of nitrogens with one attached hydrogen (secondary N) is 1. The van der Waals surface area contributed by atoms with E-state index in [1.165, 1.54) is 6.07 Å². The molecule has 1 aliphatic rings. The molecule has 0 bridgehead atoms. The van der Waals surface area contributed by atoms with E-state index in [1.807, 2.05) is 0 Å². The van der Waals surface area contributed by atoms with Gasteiger partial charge in [0.05, 0.1) is 5.56 Å². The Bertz CT molecular complexity index is 439. The normalized spacial score (nSPS) is 15.6. The summed E-state index contributed by atoms with van der Waals surface area (Å²) in [6.07, 6.45) is -2.05. The molecule has 1 fully saturated rings. The van der Waals surface area contributed by atoms with Crippen LogP contribution in [0.4, 0.5) is 18.9 Å². The van der Waals surface area contributed by atoms with Crippen LogP contribution in [-0.4, -0.2) is 20.6 Å². The Kier molecular flexibility index (Phi) is 4.04. The predicted octanol–water partition coefficient (Wildman–Crippen LogP) is 3.27. The van der Waals surface area contributed by atoms with Crippen LogP contribution in [0.2, 0.25) is 0 Å². The first-order valence-corrected chi connectivity index (χ1v) is 6.47. The van der Waals surface area contributed by atoms with Gasteiger partial charge in [0, 0.05) is 25.8 Å². The van der Waals surface area contributed by atoms with Gasteiger partial charge in [-0.25, -0.2) is 0 Å². The number of hydrogen-bond acceptors (Lipinski definition) is 2. The molecule has 2 rings (SSSR count). The van der Waals surface area contributed by atoms with Gasteiger partial charge in [-0.05, 0) is 43.5 Å². The topological polar surface area (TPSA) is 15.3 Å². The fraction of sp³-hybridized carbons (Fsp3) is 0.571. The molecule has 5 heteroatoms. The second kappa shape index (κ2) is 5.41. The first-order valence-electron chi connectivity index (χ1n) is 6.47. The first-order chi connectivity index (χ1) is 8.91. The van der Waals surface area contributed by atoms with Gasteiger partial charge in [-0.15, -0.1) is 0 Å². The molecule has 1 N–H and O–H groups in total. The van der Waals surface area contributed by atoms with Crippen LogP contribution >= 0.6 is 0 Å². The quantitative estimate of drug-likeness (QED) is 0.885. The first kappa shape index (κ1) is 14.2. The third-order valence-corrected chi connectivity index (χ3v) is 3.39. The monoisotopic (exact) mass is 272 g/mol. The number of nitrogens with zero attached hydrogens (tertiary/aromatic N) is 1. The van der Waals surface area contributed by atoms with Crippen molar-refractivity contribution >= 4 is 5.69 Å². The van der Waals surface area contributed by atoms with Gasteiger partial charge in [-0.1, -0.05) is 6.07 Å². The maximum absolute atomic E-state index is 13.1. The van der Waals surface area contributed by atoms with Crippen LogP contribution in [0.1, 0.15) is 24.0 Å². The van der Waals surface area contributed by atoms with Crippen molar-refractivity contribution in [3.63, 3.8) is 0 Å². The molecule has 19 heavy (non-hydrogen) atoms. The van der Waals surface area contributed by atoms with E-state index in [2.05, 4.69) is 5.32 Å². The van der Waals surface area contributed by atoms with Crippen LogP contribution in [-0.2, 0) is 12.7 Å². The second-order valence-electron chi connectivity index (χ2n) is 5.20. The number of hydrogen-bond donors (Lipinski definition) is 1. The maximum Gasteiger partial charge on any atom is 0.418 e. The summed E-state index contributed by atoms with van der Waals surface area (Å²) < 4.78 is 39.4. The largest absolute Gasteiger partial charge is 0.418 e. The predicted molar refractivity (Wildman–Crippen MR) is 70.2 cm³/mol. The van der Waals surface area contributed by atoms with Crippen molar-refractivity contribution in [1.82, 2.24) is 5.32 Å². The lowest BCUT2D eigenvalue weighted by Crippen LogP contribution is -2.24. The molecule has 2 nitrogen and oxygen atoms in total. The van der Waals surface area contributed by atoms with Crippen molar-refractivity contribution < 1.29 is 13.2 Å². The smallest absolute Gasteiger partial charge is 0.374 e. The highest BCUT2D eigenvalue weighted by Crippen LogP contribution is 2.38. The summed E-state index contributed by atoms with van der Waals surface area (Å²) in [5.74, 6) is 0.558. The van der Waals surface area contributed by atoms with Crippen molar-refractivity contribution in [2.45, 2.75) is 25.6 Å². The lowest BCUT2D eigenvalue weighted by atomic mass is 10.1. The summed E-state index contributed by atoms with van der Waals surface area (Å²) in [5, 5.41) is 2.87. The number of benzene rings is 1. The molecule has 0 spiro atoms. The molecule has 1 saturated carbocycles. The van der Waals surface area contributed by atoms with E-state index in [0.717, 1.165) is 12.8 Å². The van der Waals surface area contributed by atoms with Gasteiger partial charge in [-0.2, -0.15) is 13.2 Å². The van der Waals surface area contributed by atoms with Crippen molar-refractivity contribution in [2.75, 3.05) is 25.5 Å². The molecule has 0 amide bonds. The summed E-state index contributed by atoms with van der Waals surface area (Å²) in [6.45, 7) is 1.14. The van der Waals surface area contributed by atoms with Crippen molar-refractivity contribution in [2.24, 2.45) is 5.92 Å². The highest BCUT2D eigenvalue weighted by atomic mass is 19.4. The van der Waals surface area contributed by atoms with Crippen LogP contribution < -0.4 is 10.2 Å². The Labute approximate surface area is 111 Å². The lowest BCUT2D eigenvalue weighted by Gasteiger charge is -2.24. The molecule has 0 aromatic heterocycles. The minimum absolute atomic E-state index is 0.277. The molecule has 0 unspecified atom stereocenters. The van der Waals surface area contributed by atoms with Gasteiger partial charge in [0.15, 0.2) is 0 Å². The highest BCUT2D eigenvalue weighted by molar-refractivity contribution is 5.56. The Morgan fingerprint density at radius 3 is 2.53 bits per heavy atom. The standard InChI is InChI=1S/C14H19F3N2/c1-18-8-11-5-6-13(12(7-11)14(15,16)17)19(2)9-10-3-4-10/h5-7,10,18H,3-4,8-9H2,1-2H3. The van der Waals surface area contributed by atoms with Crippen LogP contribution in [0.5, 0.6) is 0 Å². The average Bonchev–Trinajstić information content (AvgIpc) is 3.12. The fourth-order valence-electron chi connectivity index (χ4n) is 2.24. The van der Waals surface area contributed by atoms with Gasteiger partial charge < -0.3 is 10.2 Å². The van der Waals surface area contributed by atoms with E-state index in [4.69, 9.17) is 0 Å². The van der Waals surface area contributed by atoms with E-state index in [9.17, 15) is 13.2 Å². The minimum atomic E-state index is -4.31. The van der Waals surface area contributed by atoms with Gasteiger partial charge in [0.2, 0.25) is 0 Å². The Morgan fingerprint density at radius 2 is 2.00 bits per heavy atom. The van der Waals surface area contributed by atoms with E-state index in [0.29, 0.717) is 24.6 Å². The second-order valence-corrected chi connectivity index (χ2v) is 5.20. The zero-order valence-electron chi connectivity index (χ0n) is 11.2. The van der Waals surface area contributed by atoms with Crippen LogP contribution in [0.15, 0.2) is 18.2 Å². The van der Waals surface area contributed by atoms with Crippen LogP contribution in [0.25, 0.3) is 0 Å². The fourth-order valence-corrected chi connectivity index (χ4v) is 2.24. The van der Waals surface area contributed by atoms with Crippen molar-refractivity contribution in [3.05, 3.63) is 29.3 Å². The number of anilines is 1. The minimum Gasteiger partial charge on any atom is -0.374 e. The summed E-state index contributed by atoms with van der Waals surface area (Å²) in [6, 6.07) is 4.58. The molecule has 106 valence electrons. The molecule has 1 aliphatic carbocycles. The summed E-state index contributed by atoms with van der Waals surface area (Å²) in [4.78, 5) is 1.73. The van der Waals surface area contributed by atoms with Crippen LogP contribution in [0.3, 0.4) is 0 Å². The third kappa shape index (κ3) is 3.62. The molecule has 0 saturated heterocycles. The number of alkyl halides is 3. The zero-order valence-corrected chi connectivity index (χ0v) is 11.2. The molecular formula is C14H19F3N2. The van der Waals surface area contributed by atoms with E-state index < -0.39 is 11.7 Å². The summed E-state index contributed by atoms with van der Waals surface area (Å²) in [7, 11) is 3.46. The van der Waals surface area contributed by atoms with E-state index in [1.54, 1.807) is 31.1 Å². The van der Waals surface area contributed by atoms with Gasteiger partial charge in [0.25, 0.3) is 0 Å². The van der Waals surface area contributed by atoms with Crippen molar-refractivity contribution in [1.29, 1.82) is 0 Å². The van der Waals surface area contributed by atoms with Crippen LogP contribution in [0, 0.1) is 5.92 Å². The lowest BCUT2D eigenvalue weighted by molar-refractivity contribution is -0.137. The molecular weight excluding hydrogens is 253 g/mol. The summed E-state index contributed by atoms with van der Waals surface area (Å²) in [5.41, 5.74) is 0.390.